The lowest BCUT2D eigenvalue weighted by Crippen LogP contribution is -2.21. The summed E-state index contributed by atoms with van der Waals surface area (Å²) < 4.78 is 0. The average Bonchev–Trinajstić information content (AvgIpc) is 2.94. The zero-order valence-corrected chi connectivity index (χ0v) is 14.7. The van der Waals surface area contributed by atoms with Gasteiger partial charge in [-0.3, -0.25) is 0 Å². The summed E-state index contributed by atoms with van der Waals surface area (Å²) in [6.45, 7) is 12.2. The molecule has 1 aromatic heterocycles. The van der Waals surface area contributed by atoms with E-state index in [-0.39, 0.29) is 5.41 Å². The Morgan fingerprint density at radius 2 is 1.67 bits per heavy atom. The molecular formula is C19H27NS. The summed E-state index contributed by atoms with van der Waals surface area (Å²) in [6, 6.07) is 13.9. The molecular weight excluding hydrogens is 274 g/mol. The second-order valence-corrected chi connectivity index (χ2v) is 7.65. The highest BCUT2D eigenvalue weighted by Crippen LogP contribution is 2.34. The van der Waals surface area contributed by atoms with Gasteiger partial charge in [-0.1, -0.05) is 58.9 Å². The van der Waals surface area contributed by atoms with Crippen LogP contribution in [0.2, 0.25) is 0 Å². The Morgan fingerprint density at radius 1 is 1.00 bits per heavy atom. The molecule has 0 aliphatic carbocycles. The molecule has 0 aliphatic heterocycles. The molecule has 1 atom stereocenters. The monoisotopic (exact) mass is 301 g/mol. The Bertz CT molecular complexity index is 560. The molecule has 1 unspecified atom stereocenters. The maximum Gasteiger partial charge on any atom is 0.0671 e. The van der Waals surface area contributed by atoms with Gasteiger partial charge in [-0.15, -0.1) is 11.3 Å². The standard InChI is InChI=1S/C19H27NS/c1-6-14-8-10-15(11-9-14)18(20-7-2)16-12-13-17(21-16)19(3,4)5/h8-13,18,20H,6-7H2,1-5H3. The summed E-state index contributed by atoms with van der Waals surface area (Å²) in [7, 11) is 0. The van der Waals surface area contributed by atoms with Crippen LogP contribution in [-0.4, -0.2) is 6.54 Å². The SMILES string of the molecule is CCNC(c1ccc(CC)cc1)c1ccc(C(C)(C)C)s1. The van der Waals surface area contributed by atoms with E-state index >= 15 is 0 Å². The molecule has 1 heterocycles. The molecule has 21 heavy (non-hydrogen) atoms. The van der Waals surface area contributed by atoms with Crippen LogP contribution in [0, 0.1) is 0 Å². The van der Waals surface area contributed by atoms with Crippen molar-refractivity contribution in [3.8, 4) is 0 Å². The first-order chi connectivity index (χ1) is 9.95. The van der Waals surface area contributed by atoms with Crippen LogP contribution in [0.5, 0.6) is 0 Å². The highest BCUT2D eigenvalue weighted by molar-refractivity contribution is 7.12. The van der Waals surface area contributed by atoms with Crippen molar-refractivity contribution in [1.29, 1.82) is 0 Å². The predicted octanol–water partition coefficient (Wildman–Crippen LogP) is 5.31. The maximum absolute atomic E-state index is 3.63. The Morgan fingerprint density at radius 3 is 2.14 bits per heavy atom. The van der Waals surface area contributed by atoms with E-state index in [4.69, 9.17) is 0 Å². The van der Waals surface area contributed by atoms with Crippen molar-refractivity contribution in [3.63, 3.8) is 0 Å². The first kappa shape index (κ1) is 16.3. The van der Waals surface area contributed by atoms with E-state index in [1.165, 1.54) is 20.9 Å². The van der Waals surface area contributed by atoms with Gasteiger partial charge in [-0.05, 0) is 41.6 Å². The maximum atomic E-state index is 3.63. The first-order valence-electron chi connectivity index (χ1n) is 7.88. The predicted molar refractivity (Wildman–Crippen MR) is 94.4 cm³/mol. The Kier molecular flexibility index (Phi) is 5.23. The molecule has 2 aromatic rings. The molecule has 0 radical (unpaired) electrons. The van der Waals surface area contributed by atoms with Gasteiger partial charge in [0, 0.05) is 9.75 Å². The van der Waals surface area contributed by atoms with Crippen LogP contribution in [0.3, 0.4) is 0 Å². The second kappa shape index (κ2) is 6.76. The van der Waals surface area contributed by atoms with Crippen LogP contribution in [-0.2, 0) is 11.8 Å². The molecule has 0 saturated carbocycles. The molecule has 1 aromatic carbocycles. The minimum absolute atomic E-state index is 0.228. The molecule has 0 amide bonds. The molecule has 1 nitrogen and oxygen atoms in total. The molecule has 0 aliphatic rings. The van der Waals surface area contributed by atoms with E-state index in [9.17, 15) is 0 Å². The van der Waals surface area contributed by atoms with Crippen LogP contribution in [0.1, 0.15) is 61.5 Å². The lowest BCUT2D eigenvalue weighted by Gasteiger charge is -2.19. The van der Waals surface area contributed by atoms with E-state index in [0.717, 1.165) is 13.0 Å². The smallest absolute Gasteiger partial charge is 0.0671 e. The van der Waals surface area contributed by atoms with Gasteiger partial charge < -0.3 is 5.32 Å². The van der Waals surface area contributed by atoms with Crippen LogP contribution in [0.15, 0.2) is 36.4 Å². The van der Waals surface area contributed by atoms with Gasteiger partial charge in [-0.2, -0.15) is 0 Å². The third-order valence-corrected chi connectivity index (χ3v) is 5.36. The number of hydrogen-bond acceptors (Lipinski definition) is 2. The Labute approximate surface area is 133 Å². The third-order valence-electron chi connectivity index (χ3n) is 3.78. The van der Waals surface area contributed by atoms with E-state index in [1.54, 1.807) is 0 Å². The van der Waals surface area contributed by atoms with Gasteiger partial charge in [0.1, 0.15) is 0 Å². The van der Waals surface area contributed by atoms with Crippen molar-refractivity contribution in [2.45, 2.75) is 52.5 Å². The molecule has 114 valence electrons. The largest absolute Gasteiger partial charge is 0.306 e. The van der Waals surface area contributed by atoms with Crippen LogP contribution in [0.4, 0.5) is 0 Å². The van der Waals surface area contributed by atoms with Gasteiger partial charge in [0.05, 0.1) is 6.04 Å². The molecule has 1 N–H and O–H groups in total. The van der Waals surface area contributed by atoms with Gasteiger partial charge in [0.2, 0.25) is 0 Å². The van der Waals surface area contributed by atoms with Gasteiger partial charge in [0.25, 0.3) is 0 Å². The average molecular weight is 301 g/mol. The number of benzene rings is 1. The Hall–Kier alpha value is -1.12. The summed E-state index contributed by atoms with van der Waals surface area (Å²) in [5, 5.41) is 3.63. The third kappa shape index (κ3) is 3.96. The number of thiophene rings is 1. The molecule has 0 spiro atoms. The van der Waals surface area contributed by atoms with E-state index in [2.05, 4.69) is 76.3 Å². The lowest BCUT2D eigenvalue weighted by atomic mass is 9.95. The topological polar surface area (TPSA) is 12.0 Å². The highest BCUT2D eigenvalue weighted by Gasteiger charge is 2.20. The van der Waals surface area contributed by atoms with Gasteiger partial charge in [0.15, 0.2) is 0 Å². The summed E-state index contributed by atoms with van der Waals surface area (Å²) in [5.74, 6) is 0. The van der Waals surface area contributed by atoms with Crippen molar-refractivity contribution < 1.29 is 0 Å². The summed E-state index contributed by atoms with van der Waals surface area (Å²) >= 11 is 1.93. The molecule has 2 rings (SSSR count). The summed E-state index contributed by atoms with van der Waals surface area (Å²) in [5.41, 5.74) is 2.98. The number of hydrogen-bond donors (Lipinski definition) is 1. The van der Waals surface area contributed by atoms with E-state index in [1.807, 2.05) is 11.3 Å². The van der Waals surface area contributed by atoms with Crippen molar-refractivity contribution in [1.82, 2.24) is 5.32 Å². The van der Waals surface area contributed by atoms with Crippen LogP contribution in [0.25, 0.3) is 0 Å². The fraction of sp³-hybridized carbons (Fsp3) is 0.474. The van der Waals surface area contributed by atoms with Gasteiger partial charge in [-0.25, -0.2) is 0 Å². The number of rotatable bonds is 5. The highest BCUT2D eigenvalue weighted by atomic mass is 32.1. The second-order valence-electron chi connectivity index (χ2n) is 6.54. The minimum atomic E-state index is 0.228. The zero-order valence-electron chi connectivity index (χ0n) is 13.9. The summed E-state index contributed by atoms with van der Waals surface area (Å²) in [6.07, 6.45) is 1.10. The minimum Gasteiger partial charge on any atom is -0.306 e. The fourth-order valence-electron chi connectivity index (χ4n) is 2.44. The zero-order chi connectivity index (χ0) is 15.5. The number of aryl methyl sites for hydroxylation is 1. The molecule has 0 fully saturated rings. The quantitative estimate of drug-likeness (QED) is 0.789. The summed E-state index contributed by atoms with van der Waals surface area (Å²) in [4.78, 5) is 2.86. The molecule has 0 saturated heterocycles. The lowest BCUT2D eigenvalue weighted by molar-refractivity contribution is 0.604. The van der Waals surface area contributed by atoms with Crippen molar-refractivity contribution >= 4 is 11.3 Å². The molecule has 0 bridgehead atoms. The normalized spacial score (nSPS) is 13.4. The van der Waals surface area contributed by atoms with Crippen LogP contribution < -0.4 is 5.32 Å². The molecule has 2 heteroatoms. The van der Waals surface area contributed by atoms with Gasteiger partial charge >= 0.3 is 0 Å². The fourth-order valence-corrected chi connectivity index (χ4v) is 3.61. The first-order valence-corrected chi connectivity index (χ1v) is 8.69. The van der Waals surface area contributed by atoms with Crippen molar-refractivity contribution in [3.05, 3.63) is 57.3 Å². The van der Waals surface area contributed by atoms with Crippen molar-refractivity contribution in [2.24, 2.45) is 0 Å². The van der Waals surface area contributed by atoms with E-state index in [0.29, 0.717) is 6.04 Å². The Balaban J connectivity index is 2.31. The van der Waals surface area contributed by atoms with E-state index < -0.39 is 0 Å². The number of nitrogens with one attached hydrogen (secondary N) is 1. The van der Waals surface area contributed by atoms with Crippen molar-refractivity contribution in [2.75, 3.05) is 6.54 Å². The van der Waals surface area contributed by atoms with Crippen LogP contribution >= 0.6 is 11.3 Å².